The number of benzene rings is 1. The van der Waals surface area contributed by atoms with Crippen molar-refractivity contribution in [2.24, 2.45) is 0 Å². The van der Waals surface area contributed by atoms with Gasteiger partial charge in [0.25, 0.3) is 0 Å². The van der Waals surface area contributed by atoms with E-state index < -0.39 is 0 Å². The van der Waals surface area contributed by atoms with E-state index >= 15 is 0 Å². The third-order valence-electron chi connectivity index (χ3n) is 3.71. The number of nitrogens with zero attached hydrogens (tertiary/aromatic N) is 1. The number of piperazine rings is 1. The second-order valence-electron chi connectivity index (χ2n) is 4.90. The number of carbonyl (C=O) groups excluding carboxylic acids is 1. The molecule has 1 aliphatic heterocycles. The quantitative estimate of drug-likeness (QED) is 0.902. The predicted octanol–water partition coefficient (Wildman–Crippen LogP) is 1.75. The molecule has 1 aromatic rings. The fourth-order valence-corrected chi connectivity index (χ4v) is 2.55. The van der Waals surface area contributed by atoms with Crippen molar-refractivity contribution in [1.82, 2.24) is 10.2 Å². The van der Waals surface area contributed by atoms with Gasteiger partial charge in [0, 0.05) is 32.6 Å². The molecule has 1 aliphatic rings. The average molecular weight is 262 g/mol. The molecule has 0 saturated carbocycles. The van der Waals surface area contributed by atoms with Gasteiger partial charge in [-0.1, -0.05) is 19.1 Å². The van der Waals surface area contributed by atoms with Crippen molar-refractivity contribution in [1.29, 1.82) is 0 Å². The highest BCUT2D eigenvalue weighted by atomic mass is 16.5. The highest BCUT2D eigenvalue weighted by Crippen LogP contribution is 2.25. The molecule has 4 nitrogen and oxygen atoms in total. The maximum Gasteiger partial charge on any atom is 0.219 e. The summed E-state index contributed by atoms with van der Waals surface area (Å²) >= 11 is 0. The van der Waals surface area contributed by atoms with Crippen LogP contribution in [0.25, 0.3) is 0 Å². The Labute approximate surface area is 114 Å². The molecule has 0 radical (unpaired) electrons. The third kappa shape index (κ3) is 3.07. The van der Waals surface area contributed by atoms with E-state index in [2.05, 4.69) is 24.4 Å². The van der Waals surface area contributed by atoms with Gasteiger partial charge < -0.3 is 15.0 Å². The van der Waals surface area contributed by atoms with Gasteiger partial charge in [-0.05, 0) is 23.6 Å². The minimum atomic E-state index is 0.149. The van der Waals surface area contributed by atoms with Crippen LogP contribution in [0.1, 0.15) is 31.0 Å². The summed E-state index contributed by atoms with van der Waals surface area (Å²) in [6, 6.07) is 6.50. The van der Waals surface area contributed by atoms with E-state index in [9.17, 15) is 4.79 Å². The molecule has 2 rings (SSSR count). The van der Waals surface area contributed by atoms with Gasteiger partial charge in [0.1, 0.15) is 5.75 Å². The summed E-state index contributed by atoms with van der Waals surface area (Å²) in [5.74, 6) is 1.08. The van der Waals surface area contributed by atoms with Gasteiger partial charge in [0.05, 0.1) is 7.11 Å². The highest BCUT2D eigenvalue weighted by molar-refractivity contribution is 5.73. The fraction of sp³-hybridized carbons (Fsp3) is 0.533. The van der Waals surface area contributed by atoms with Crippen molar-refractivity contribution in [3.63, 3.8) is 0 Å². The van der Waals surface area contributed by atoms with Crippen molar-refractivity contribution < 1.29 is 9.53 Å². The molecule has 0 aliphatic carbocycles. The normalized spacial score (nSPS) is 19.3. The van der Waals surface area contributed by atoms with Crippen LogP contribution in [0.5, 0.6) is 5.75 Å². The van der Waals surface area contributed by atoms with E-state index in [1.54, 1.807) is 14.0 Å². The average Bonchev–Trinajstić information content (AvgIpc) is 2.46. The molecule has 1 atom stereocenters. The van der Waals surface area contributed by atoms with Crippen molar-refractivity contribution in [3.8, 4) is 5.75 Å². The summed E-state index contributed by atoms with van der Waals surface area (Å²) in [5, 5.41) is 3.47. The predicted molar refractivity (Wildman–Crippen MR) is 75.4 cm³/mol. The number of carbonyl (C=O) groups is 1. The van der Waals surface area contributed by atoms with Crippen LogP contribution >= 0.6 is 0 Å². The molecule has 1 aromatic carbocycles. The van der Waals surface area contributed by atoms with Gasteiger partial charge >= 0.3 is 0 Å². The lowest BCUT2D eigenvalue weighted by atomic mass is 10.00. The molecule has 1 saturated heterocycles. The van der Waals surface area contributed by atoms with Crippen LogP contribution in [0.3, 0.4) is 0 Å². The molecule has 19 heavy (non-hydrogen) atoms. The van der Waals surface area contributed by atoms with Crippen molar-refractivity contribution in [2.45, 2.75) is 26.3 Å². The van der Waals surface area contributed by atoms with Crippen LogP contribution in [-0.4, -0.2) is 37.6 Å². The first-order valence-corrected chi connectivity index (χ1v) is 6.81. The Bertz CT molecular complexity index is 459. The maximum absolute atomic E-state index is 11.5. The van der Waals surface area contributed by atoms with Gasteiger partial charge in [-0.3, -0.25) is 4.79 Å². The monoisotopic (exact) mass is 262 g/mol. The molecule has 0 aromatic heterocycles. The topological polar surface area (TPSA) is 41.6 Å². The van der Waals surface area contributed by atoms with E-state index in [-0.39, 0.29) is 11.9 Å². The number of nitrogens with one attached hydrogen (secondary N) is 1. The van der Waals surface area contributed by atoms with Crippen molar-refractivity contribution in [2.75, 3.05) is 26.7 Å². The standard InChI is InChI=1S/C15H22N2O2/c1-4-12-9-13(5-6-15(12)19-3)14-10-17(11(2)18)8-7-16-14/h5-6,9,14,16H,4,7-8,10H2,1-3H3. The third-order valence-corrected chi connectivity index (χ3v) is 3.71. The number of aryl methyl sites for hydroxylation is 1. The lowest BCUT2D eigenvalue weighted by molar-refractivity contribution is -0.130. The lowest BCUT2D eigenvalue weighted by Gasteiger charge is -2.33. The largest absolute Gasteiger partial charge is 0.496 e. The summed E-state index contributed by atoms with van der Waals surface area (Å²) in [4.78, 5) is 13.4. The molecule has 0 spiro atoms. The smallest absolute Gasteiger partial charge is 0.219 e. The van der Waals surface area contributed by atoms with E-state index in [1.807, 2.05) is 11.0 Å². The minimum Gasteiger partial charge on any atom is -0.496 e. The second kappa shape index (κ2) is 6.06. The molecule has 104 valence electrons. The zero-order chi connectivity index (χ0) is 13.8. The number of hydrogen-bond donors (Lipinski definition) is 1. The van der Waals surface area contributed by atoms with Crippen molar-refractivity contribution in [3.05, 3.63) is 29.3 Å². The van der Waals surface area contributed by atoms with Crippen LogP contribution in [0.4, 0.5) is 0 Å². The van der Waals surface area contributed by atoms with Crippen LogP contribution in [0.15, 0.2) is 18.2 Å². The molecule has 1 fully saturated rings. The van der Waals surface area contributed by atoms with Crippen LogP contribution < -0.4 is 10.1 Å². The first-order chi connectivity index (χ1) is 9.15. The highest BCUT2D eigenvalue weighted by Gasteiger charge is 2.22. The molecule has 1 unspecified atom stereocenters. The number of amides is 1. The van der Waals surface area contributed by atoms with Gasteiger partial charge in [-0.25, -0.2) is 0 Å². The summed E-state index contributed by atoms with van der Waals surface area (Å²) in [6.07, 6.45) is 0.945. The molecule has 0 bridgehead atoms. The van der Waals surface area contributed by atoms with E-state index in [4.69, 9.17) is 4.74 Å². The van der Waals surface area contributed by atoms with E-state index in [0.717, 1.165) is 31.8 Å². The summed E-state index contributed by atoms with van der Waals surface area (Å²) in [7, 11) is 1.70. The zero-order valence-corrected chi connectivity index (χ0v) is 11.9. The lowest BCUT2D eigenvalue weighted by Crippen LogP contribution is -2.47. The summed E-state index contributed by atoms with van der Waals surface area (Å²) in [5.41, 5.74) is 2.44. The first-order valence-electron chi connectivity index (χ1n) is 6.81. The van der Waals surface area contributed by atoms with Crippen LogP contribution in [-0.2, 0) is 11.2 Å². The Balaban J connectivity index is 2.19. The maximum atomic E-state index is 11.5. The zero-order valence-electron chi connectivity index (χ0n) is 11.9. The SMILES string of the molecule is CCc1cc(C2CN(C(C)=O)CCN2)ccc1OC. The van der Waals surface area contributed by atoms with Gasteiger partial charge in [0.15, 0.2) is 0 Å². The Hall–Kier alpha value is -1.55. The Morgan fingerprint density at radius 2 is 2.32 bits per heavy atom. The minimum absolute atomic E-state index is 0.149. The number of methoxy groups -OCH3 is 1. The van der Waals surface area contributed by atoms with E-state index in [1.165, 1.54) is 11.1 Å². The molecule has 1 heterocycles. The summed E-state index contributed by atoms with van der Waals surface area (Å²) < 4.78 is 5.35. The molecule has 4 heteroatoms. The Morgan fingerprint density at radius 1 is 1.53 bits per heavy atom. The fourth-order valence-electron chi connectivity index (χ4n) is 2.55. The number of hydrogen-bond acceptors (Lipinski definition) is 3. The Morgan fingerprint density at radius 3 is 2.95 bits per heavy atom. The van der Waals surface area contributed by atoms with Crippen LogP contribution in [0, 0.1) is 0 Å². The van der Waals surface area contributed by atoms with Crippen molar-refractivity contribution >= 4 is 5.91 Å². The molecular weight excluding hydrogens is 240 g/mol. The number of rotatable bonds is 3. The first kappa shape index (κ1) is 13.9. The van der Waals surface area contributed by atoms with Gasteiger partial charge in [-0.2, -0.15) is 0 Å². The molecular formula is C15H22N2O2. The molecule has 1 amide bonds. The van der Waals surface area contributed by atoms with Gasteiger partial charge in [-0.15, -0.1) is 0 Å². The Kier molecular flexibility index (Phi) is 4.43. The van der Waals surface area contributed by atoms with E-state index in [0.29, 0.717) is 0 Å². The molecule has 1 N–H and O–H groups in total. The number of ether oxygens (including phenoxy) is 1. The van der Waals surface area contributed by atoms with Gasteiger partial charge in [0.2, 0.25) is 5.91 Å². The second-order valence-corrected chi connectivity index (χ2v) is 4.90. The summed E-state index contributed by atoms with van der Waals surface area (Å²) in [6.45, 7) is 6.14. The van der Waals surface area contributed by atoms with Crippen LogP contribution in [0.2, 0.25) is 0 Å².